The number of ketones is 1. The number of aromatic nitrogens is 1. The Hall–Kier alpha value is -5.03. The van der Waals surface area contributed by atoms with Crippen LogP contribution in [0.25, 0.3) is 22.2 Å². The van der Waals surface area contributed by atoms with Crippen molar-refractivity contribution in [3.05, 3.63) is 103 Å². The smallest absolute Gasteiger partial charge is 0.240 e. The van der Waals surface area contributed by atoms with Crippen LogP contribution in [0.5, 0.6) is 11.5 Å². The van der Waals surface area contributed by atoms with Crippen LogP contribution in [0.15, 0.2) is 97.1 Å². The number of hydrogen-bond donors (Lipinski definition) is 1. The number of nitrogens with zero attached hydrogens (tertiary/aromatic N) is 2. The molecule has 0 spiro atoms. The summed E-state index contributed by atoms with van der Waals surface area (Å²) < 4.78 is 40.3. The quantitative estimate of drug-likeness (QED) is 0.172. The molecule has 10 nitrogen and oxygen atoms in total. The van der Waals surface area contributed by atoms with Crippen molar-refractivity contribution in [2.75, 3.05) is 13.7 Å². The predicted octanol–water partition coefficient (Wildman–Crippen LogP) is 7.60. The van der Waals surface area contributed by atoms with Crippen molar-refractivity contribution in [3.8, 4) is 22.8 Å². The van der Waals surface area contributed by atoms with Gasteiger partial charge in [0.05, 0.1) is 41.1 Å². The summed E-state index contributed by atoms with van der Waals surface area (Å²) in [6.07, 6.45) is 9.72. The highest BCUT2D eigenvalue weighted by Crippen LogP contribution is 2.57. The number of fused-ring (bicyclic) bond motifs is 3. The number of nitrogens with one attached hydrogen (secondary N) is 1. The zero-order valence-corrected chi connectivity index (χ0v) is 33.5. The van der Waals surface area contributed by atoms with Gasteiger partial charge in [0.15, 0.2) is 5.78 Å². The molecule has 8 rings (SSSR count). The predicted molar refractivity (Wildman–Crippen MR) is 219 cm³/mol. The minimum atomic E-state index is -3.92. The fourth-order valence-electron chi connectivity index (χ4n) is 8.66. The fraction of sp³-hybridized carbons (Fsp3) is 0.435. The average Bonchev–Trinajstić information content (AvgIpc) is 4.10. The molecule has 2 aliphatic heterocycles. The molecule has 0 radical (unpaired) electrons. The van der Waals surface area contributed by atoms with Crippen molar-refractivity contribution in [3.63, 3.8) is 0 Å². The molecule has 4 aromatic rings. The number of carbonyl (C=O) groups is 3. The molecule has 2 saturated carbocycles. The van der Waals surface area contributed by atoms with Gasteiger partial charge in [0.2, 0.25) is 21.8 Å². The lowest BCUT2D eigenvalue weighted by Gasteiger charge is -2.29. The van der Waals surface area contributed by atoms with E-state index in [1.54, 1.807) is 18.9 Å². The number of rotatable bonds is 9. The number of benzene rings is 3. The lowest BCUT2D eigenvalue weighted by Crippen LogP contribution is -2.47. The van der Waals surface area contributed by atoms with Gasteiger partial charge in [0.1, 0.15) is 17.6 Å². The highest BCUT2D eigenvalue weighted by atomic mass is 32.2. The molecule has 2 aliphatic carbocycles. The lowest BCUT2D eigenvalue weighted by atomic mass is 9.90. The lowest BCUT2D eigenvalue weighted by molar-refractivity contribution is -0.142. The third-order valence-electron chi connectivity index (χ3n) is 12.6. The number of ether oxygens (including phenoxy) is 2. The SMILES string of the molecule is COc1ccc2c(O[C@@H]3C[C@H]4C(=O)C[C@]5(C(=O)NS(=O)(=O)C6(C)CC6)C[C@H]5/C=C\CCCCC[C@H](Cc5ccccc5)C(=O)N4C3)cc(-c3ccccc3)nc2c1. The molecule has 0 bridgehead atoms. The molecule has 2 amide bonds. The van der Waals surface area contributed by atoms with Gasteiger partial charge in [-0.3, -0.25) is 19.1 Å². The number of Topliss-reactive ketones (excluding diaryl/α,β-unsaturated/α-hetero) is 1. The van der Waals surface area contributed by atoms with Crippen molar-refractivity contribution >= 4 is 38.5 Å². The van der Waals surface area contributed by atoms with Gasteiger partial charge in [-0.05, 0) is 75.5 Å². The fourth-order valence-corrected chi connectivity index (χ4v) is 9.99. The van der Waals surface area contributed by atoms with Crippen LogP contribution in [0.2, 0.25) is 0 Å². The molecule has 1 saturated heterocycles. The highest BCUT2D eigenvalue weighted by Gasteiger charge is 2.62. The summed E-state index contributed by atoms with van der Waals surface area (Å²) in [5.41, 5.74) is 2.17. The van der Waals surface area contributed by atoms with E-state index in [0.29, 0.717) is 54.8 Å². The number of amides is 2. The van der Waals surface area contributed by atoms with E-state index >= 15 is 0 Å². The minimum Gasteiger partial charge on any atom is -0.497 e. The summed E-state index contributed by atoms with van der Waals surface area (Å²) in [5, 5.41) is 0.772. The van der Waals surface area contributed by atoms with E-state index in [1.807, 2.05) is 91.0 Å². The van der Waals surface area contributed by atoms with E-state index in [1.165, 1.54) is 0 Å². The second kappa shape index (κ2) is 15.7. The molecule has 0 unspecified atom stereocenters. The van der Waals surface area contributed by atoms with Crippen LogP contribution in [-0.4, -0.2) is 66.4 Å². The molecule has 3 fully saturated rings. The van der Waals surface area contributed by atoms with Crippen LogP contribution in [0.1, 0.15) is 76.7 Å². The molecular weight excluding hydrogens is 739 g/mol. The number of sulfonamides is 1. The van der Waals surface area contributed by atoms with Gasteiger partial charge in [-0.25, -0.2) is 13.4 Å². The molecule has 1 aromatic heterocycles. The number of allylic oxidation sites excluding steroid dienone is 2. The van der Waals surface area contributed by atoms with Gasteiger partial charge < -0.3 is 14.4 Å². The standard InChI is InChI=1S/C46H51N3O7S/c1-45(22-23-45)57(53,54)48-44(52)46-28-34(46)19-13-5-3-4-10-18-33(24-31-14-8-6-9-15-31)43(51)49-30-36(26-40(49)41(50)29-46)56-42-27-38(32-16-11-7-12-17-32)47-39-25-35(55-2)20-21-37(39)42/h6-9,11-17,19-21,25,27,33-34,36,40H,3-5,10,18,22-24,26,28-30H2,1-2H3,(H,48,52)/b19-13-/t33-,34-,36-,40+,46-/m1/s1. The molecule has 1 N–H and O–H groups in total. The minimum absolute atomic E-state index is 0.0966. The zero-order valence-electron chi connectivity index (χ0n) is 32.7. The molecule has 4 aliphatic rings. The third-order valence-corrected chi connectivity index (χ3v) is 14.8. The Morgan fingerprint density at radius 2 is 1.72 bits per heavy atom. The maximum absolute atomic E-state index is 14.9. The van der Waals surface area contributed by atoms with Crippen molar-refractivity contribution in [1.29, 1.82) is 0 Å². The first-order valence-corrected chi connectivity index (χ1v) is 21.8. The van der Waals surface area contributed by atoms with Gasteiger partial charge in [-0.15, -0.1) is 0 Å². The second-order valence-corrected chi connectivity index (χ2v) is 18.9. The van der Waals surface area contributed by atoms with Crippen LogP contribution in [0.3, 0.4) is 0 Å². The number of hydrogen-bond acceptors (Lipinski definition) is 8. The Morgan fingerprint density at radius 3 is 2.46 bits per heavy atom. The van der Waals surface area contributed by atoms with E-state index in [-0.39, 0.29) is 42.9 Å². The van der Waals surface area contributed by atoms with Crippen LogP contribution < -0.4 is 14.2 Å². The largest absolute Gasteiger partial charge is 0.497 e. The monoisotopic (exact) mass is 789 g/mol. The Kier molecular flexibility index (Phi) is 10.7. The summed E-state index contributed by atoms with van der Waals surface area (Å²) in [5.74, 6) is -0.356. The van der Waals surface area contributed by atoms with Gasteiger partial charge in [0.25, 0.3) is 0 Å². The maximum Gasteiger partial charge on any atom is 0.240 e. The third kappa shape index (κ3) is 8.08. The summed E-state index contributed by atoms with van der Waals surface area (Å²) in [4.78, 5) is 50.3. The van der Waals surface area contributed by atoms with Gasteiger partial charge in [0, 0.05) is 41.8 Å². The molecule has 3 heterocycles. The Labute approximate surface area is 335 Å². The molecule has 5 atom stereocenters. The highest BCUT2D eigenvalue weighted by molar-refractivity contribution is 7.91. The first-order valence-electron chi connectivity index (χ1n) is 20.3. The zero-order chi connectivity index (χ0) is 39.8. The second-order valence-electron chi connectivity index (χ2n) is 16.7. The van der Waals surface area contributed by atoms with Crippen LogP contribution in [0, 0.1) is 17.3 Å². The maximum atomic E-state index is 14.9. The van der Waals surface area contributed by atoms with E-state index < -0.39 is 38.2 Å². The number of carbonyl (C=O) groups excluding carboxylic acids is 3. The van der Waals surface area contributed by atoms with Crippen molar-refractivity contribution in [2.24, 2.45) is 17.3 Å². The van der Waals surface area contributed by atoms with Crippen molar-refractivity contribution in [1.82, 2.24) is 14.6 Å². The summed E-state index contributed by atoms with van der Waals surface area (Å²) in [7, 11) is -2.31. The topological polar surface area (TPSA) is 132 Å². The first kappa shape index (κ1) is 38.8. The van der Waals surface area contributed by atoms with E-state index in [0.717, 1.165) is 42.2 Å². The van der Waals surface area contributed by atoms with Crippen LogP contribution >= 0.6 is 0 Å². The average molecular weight is 790 g/mol. The molecule has 298 valence electrons. The molecule has 57 heavy (non-hydrogen) atoms. The normalized spacial score (nSPS) is 26.7. The molecule has 11 heteroatoms. The summed E-state index contributed by atoms with van der Waals surface area (Å²) in [6.45, 7) is 1.84. The first-order chi connectivity index (χ1) is 27.5. The Balaban J connectivity index is 1.14. The molecular formula is C46H51N3O7S. The summed E-state index contributed by atoms with van der Waals surface area (Å²) in [6, 6.07) is 26.5. The molecule has 3 aromatic carbocycles. The van der Waals surface area contributed by atoms with Crippen molar-refractivity contribution < 1.29 is 32.3 Å². The van der Waals surface area contributed by atoms with Gasteiger partial charge in [-0.2, -0.15) is 0 Å². The van der Waals surface area contributed by atoms with Gasteiger partial charge >= 0.3 is 0 Å². The van der Waals surface area contributed by atoms with E-state index in [9.17, 15) is 22.8 Å². The number of methoxy groups -OCH3 is 1. The van der Waals surface area contributed by atoms with E-state index in [2.05, 4.69) is 10.8 Å². The van der Waals surface area contributed by atoms with E-state index in [4.69, 9.17) is 14.5 Å². The van der Waals surface area contributed by atoms with Crippen LogP contribution in [0.4, 0.5) is 0 Å². The van der Waals surface area contributed by atoms with Crippen molar-refractivity contribution in [2.45, 2.75) is 94.4 Å². The summed E-state index contributed by atoms with van der Waals surface area (Å²) >= 11 is 0. The van der Waals surface area contributed by atoms with Crippen LogP contribution in [-0.2, 0) is 30.8 Å². The Morgan fingerprint density at radius 1 is 0.965 bits per heavy atom. The number of pyridine rings is 1. The Bertz CT molecular complexity index is 2290. The van der Waals surface area contributed by atoms with Gasteiger partial charge in [-0.1, -0.05) is 85.7 Å².